The van der Waals surface area contributed by atoms with Gasteiger partial charge in [-0.25, -0.2) is 4.98 Å². The van der Waals surface area contributed by atoms with Gasteiger partial charge in [0.2, 0.25) is 5.88 Å². The van der Waals surface area contributed by atoms with Crippen LogP contribution in [-0.2, 0) is 0 Å². The Kier molecular flexibility index (Phi) is 4.76. The summed E-state index contributed by atoms with van der Waals surface area (Å²) in [6.07, 6.45) is 1.10. The number of hydrogen-bond donors (Lipinski definition) is 2. The molecule has 0 fully saturated rings. The minimum atomic E-state index is -0.570. The number of anilines is 1. The molecule has 0 spiro atoms. The van der Waals surface area contributed by atoms with E-state index in [1.54, 1.807) is 19.4 Å². The van der Waals surface area contributed by atoms with Crippen LogP contribution in [0.15, 0.2) is 47.1 Å². The lowest BCUT2D eigenvalue weighted by Crippen LogP contribution is -2.12. The highest BCUT2D eigenvalue weighted by Crippen LogP contribution is 2.19. The lowest BCUT2D eigenvalue weighted by molar-refractivity contribution is 0.191. The molecule has 2 aromatic rings. The number of pyridine rings is 1. The summed E-state index contributed by atoms with van der Waals surface area (Å²) in [6, 6.07) is 11.3. The van der Waals surface area contributed by atoms with E-state index in [1.165, 1.54) is 0 Å². The summed E-state index contributed by atoms with van der Waals surface area (Å²) in [7, 11) is 1.58. The number of nitrogens with one attached hydrogen (secondary N) is 1. The Morgan fingerprint density at radius 1 is 1.37 bits per heavy atom. The summed E-state index contributed by atoms with van der Waals surface area (Å²) in [6.45, 7) is 0.421. The Hall–Kier alpha value is -1.59. The molecule has 0 saturated heterocycles. The molecule has 1 aromatic carbocycles. The Bertz CT molecular complexity index is 531. The van der Waals surface area contributed by atoms with E-state index in [1.807, 2.05) is 30.3 Å². The van der Waals surface area contributed by atoms with Crippen molar-refractivity contribution in [2.45, 2.75) is 6.10 Å². The summed E-state index contributed by atoms with van der Waals surface area (Å²) >= 11 is 3.39. The topological polar surface area (TPSA) is 54.4 Å². The van der Waals surface area contributed by atoms with E-state index in [-0.39, 0.29) is 0 Å². The maximum atomic E-state index is 10.1. The van der Waals surface area contributed by atoms with Crippen molar-refractivity contribution in [1.82, 2.24) is 4.98 Å². The van der Waals surface area contributed by atoms with Crippen molar-refractivity contribution in [2.24, 2.45) is 0 Å². The van der Waals surface area contributed by atoms with Gasteiger partial charge in [-0.2, -0.15) is 0 Å². The second kappa shape index (κ2) is 6.54. The maximum Gasteiger partial charge on any atom is 0.213 e. The normalized spacial score (nSPS) is 11.9. The Labute approximate surface area is 120 Å². The number of methoxy groups -OCH3 is 1. The van der Waals surface area contributed by atoms with Gasteiger partial charge in [0.25, 0.3) is 0 Å². The molecule has 0 aliphatic rings. The first kappa shape index (κ1) is 13.8. The van der Waals surface area contributed by atoms with Gasteiger partial charge in [0.1, 0.15) is 0 Å². The zero-order valence-corrected chi connectivity index (χ0v) is 12.1. The molecule has 19 heavy (non-hydrogen) atoms. The van der Waals surface area contributed by atoms with Crippen molar-refractivity contribution in [3.8, 4) is 5.88 Å². The number of benzene rings is 1. The average Bonchev–Trinajstić information content (AvgIpc) is 2.45. The number of halogens is 1. The van der Waals surface area contributed by atoms with Gasteiger partial charge in [-0.05, 0) is 23.8 Å². The van der Waals surface area contributed by atoms with Crippen molar-refractivity contribution in [2.75, 3.05) is 19.0 Å². The largest absolute Gasteiger partial charge is 0.481 e. The maximum absolute atomic E-state index is 10.1. The van der Waals surface area contributed by atoms with Crippen LogP contribution >= 0.6 is 15.9 Å². The number of aliphatic hydroxyl groups is 1. The first-order chi connectivity index (χ1) is 9.19. The van der Waals surface area contributed by atoms with Crippen molar-refractivity contribution in [1.29, 1.82) is 0 Å². The van der Waals surface area contributed by atoms with Gasteiger partial charge in [0.05, 0.1) is 25.1 Å². The summed E-state index contributed by atoms with van der Waals surface area (Å²) in [5.74, 6) is 0.568. The molecule has 100 valence electrons. The van der Waals surface area contributed by atoms with Crippen LogP contribution in [0.2, 0.25) is 0 Å². The minimum absolute atomic E-state index is 0.421. The van der Waals surface area contributed by atoms with Crippen LogP contribution in [0, 0.1) is 0 Å². The van der Waals surface area contributed by atoms with Gasteiger partial charge in [-0.3, -0.25) is 0 Å². The second-order valence-corrected chi connectivity index (χ2v) is 4.96. The summed E-state index contributed by atoms with van der Waals surface area (Å²) in [5.41, 5.74) is 1.71. The van der Waals surface area contributed by atoms with E-state index in [4.69, 9.17) is 4.74 Å². The van der Waals surface area contributed by atoms with Crippen LogP contribution in [0.25, 0.3) is 0 Å². The molecule has 5 heteroatoms. The van der Waals surface area contributed by atoms with Gasteiger partial charge in [-0.1, -0.05) is 28.1 Å². The quantitative estimate of drug-likeness (QED) is 0.888. The first-order valence-corrected chi connectivity index (χ1v) is 6.66. The number of aliphatic hydroxyl groups excluding tert-OH is 1. The molecular weight excluding hydrogens is 308 g/mol. The highest BCUT2D eigenvalue weighted by atomic mass is 79.9. The van der Waals surface area contributed by atoms with Crippen molar-refractivity contribution in [3.05, 3.63) is 52.6 Å². The number of nitrogens with zero attached hydrogens (tertiary/aromatic N) is 1. The molecule has 2 N–H and O–H groups in total. The second-order valence-electron chi connectivity index (χ2n) is 4.04. The highest BCUT2D eigenvalue weighted by Gasteiger charge is 2.07. The highest BCUT2D eigenvalue weighted by molar-refractivity contribution is 9.10. The van der Waals surface area contributed by atoms with Gasteiger partial charge in [0.15, 0.2) is 0 Å². The molecule has 0 saturated carbocycles. The molecular formula is C14H15BrN2O2. The minimum Gasteiger partial charge on any atom is -0.481 e. The Morgan fingerprint density at radius 2 is 2.21 bits per heavy atom. The van der Waals surface area contributed by atoms with Crippen molar-refractivity contribution in [3.63, 3.8) is 0 Å². The third-order valence-corrected chi connectivity index (χ3v) is 3.17. The predicted octanol–water partition coefficient (Wildman–Crippen LogP) is 3.00. The van der Waals surface area contributed by atoms with Gasteiger partial charge < -0.3 is 15.2 Å². The third kappa shape index (κ3) is 3.94. The molecule has 1 aromatic heterocycles. The van der Waals surface area contributed by atoms with Crippen molar-refractivity contribution < 1.29 is 9.84 Å². The van der Waals surface area contributed by atoms with E-state index >= 15 is 0 Å². The van der Waals surface area contributed by atoms with Gasteiger partial charge in [0, 0.05) is 17.1 Å². The SMILES string of the molecule is COc1ccc(NCC(O)c2cccc(Br)c2)cn1. The molecule has 2 rings (SSSR count). The van der Waals surface area contributed by atoms with E-state index in [0.717, 1.165) is 15.7 Å². The fraction of sp³-hybridized carbons (Fsp3) is 0.214. The van der Waals surface area contributed by atoms with Gasteiger partial charge in [-0.15, -0.1) is 0 Å². The molecule has 0 bridgehead atoms. The fourth-order valence-electron chi connectivity index (χ4n) is 1.65. The van der Waals surface area contributed by atoms with Crippen LogP contribution in [-0.4, -0.2) is 23.7 Å². The van der Waals surface area contributed by atoms with E-state index < -0.39 is 6.10 Å². The lowest BCUT2D eigenvalue weighted by atomic mass is 10.1. The number of rotatable bonds is 5. The average molecular weight is 323 g/mol. The van der Waals surface area contributed by atoms with Crippen LogP contribution < -0.4 is 10.1 Å². The van der Waals surface area contributed by atoms with Crippen LogP contribution in [0.5, 0.6) is 5.88 Å². The summed E-state index contributed by atoms with van der Waals surface area (Å²) < 4.78 is 5.94. The molecule has 0 aliphatic carbocycles. The lowest BCUT2D eigenvalue weighted by Gasteiger charge is -2.13. The summed E-state index contributed by atoms with van der Waals surface area (Å²) in [4.78, 5) is 4.09. The smallest absolute Gasteiger partial charge is 0.213 e. The Morgan fingerprint density at radius 3 is 2.84 bits per heavy atom. The van der Waals surface area contributed by atoms with E-state index in [9.17, 15) is 5.11 Å². The number of ether oxygens (including phenoxy) is 1. The molecule has 1 heterocycles. The zero-order valence-electron chi connectivity index (χ0n) is 10.5. The third-order valence-electron chi connectivity index (χ3n) is 2.68. The van der Waals surface area contributed by atoms with Crippen LogP contribution in [0.4, 0.5) is 5.69 Å². The summed E-state index contributed by atoms with van der Waals surface area (Å²) in [5, 5.41) is 13.2. The predicted molar refractivity (Wildman–Crippen MR) is 78.4 cm³/mol. The van der Waals surface area contributed by atoms with Crippen LogP contribution in [0.3, 0.4) is 0 Å². The number of hydrogen-bond acceptors (Lipinski definition) is 4. The van der Waals surface area contributed by atoms with Gasteiger partial charge >= 0.3 is 0 Å². The fourth-order valence-corrected chi connectivity index (χ4v) is 2.07. The zero-order chi connectivity index (χ0) is 13.7. The molecule has 0 aliphatic heterocycles. The van der Waals surface area contributed by atoms with E-state index in [0.29, 0.717) is 12.4 Å². The molecule has 1 atom stereocenters. The molecule has 4 nitrogen and oxygen atoms in total. The standard InChI is InChI=1S/C14H15BrN2O2/c1-19-14-6-5-12(8-17-14)16-9-13(18)10-3-2-4-11(15)7-10/h2-8,13,16,18H,9H2,1H3. The van der Waals surface area contributed by atoms with Crippen molar-refractivity contribution >= 4 is 21.6 Å². The van der Waals surface area contributed by atoms with E-state index in [2.05, 4.69) is 26.2 Å². The molecule has 0 radical (unpaired) electrons. The molecule has 1 unspecified atom stereocenters. The monoisotopic (exact) mass is 322 g/mol. The number of aromatic nitrogens is 1. The van der Waals surface area contributed by atoms with Crippen LogP contribution in [0.1, 0.15) is 11.7 Å². The first-order valence-electron chi connectivity index (χ1n) is 5.86. The Balaban J connectivity index is 1.94. The molecule has 0 amide bonds.